The van der Waals surface area contributed by atoms with Crippen LogP contribution in [0.3, 0.4) is 0 Å². The SMILES string of the molecule is O=Cc1cccnc1-c1ccc(F)c(C(=O)O)c1. The second-order valence-electron chi connectivity index (χ2n) is 3.56. The lowest BCUT2D eigenvalue weighted by Crippen LogP contribution is -2.01. The Hall–Kier alpha value is -2.56. The van der Waals surface area contributed by atoms with E-state index >= 15 is 0 Å². The van der Waals surface area contributed by atoms with Crippen molar-refractivity contribution in [2.24, 2.45) is 0 Å². The van der Waals surface area contributed by atoms with Crippen molar-refractivity contribution in [3.8, 4) is 11.3 Å². The van der Waals surface area contributed by atoms with Crippen LogP contribution in [0.25, 0.3) is 11.3 Å². The molecule has 0 saturated heterocycles. The van der Waals surface area contributed by atoms with Crippen LogP contribution < -0.4 is 0 Å². The molecule has 0 radical (unpaired) electrons. The summed E-state index contributed by atoms with van der Waals surface area (Å²) in [5, 5.41) is 8.83. The summed E-state index contributed by atoms with van der Waals surface area (Å²) >= 11 is 0. The van der Waals surface area contributed by atoms with Gasteiger partial charge in [-0.1, -0.05) is 0 Å². The second-order valence-corrected chi connectivity index (χ2v) is 3.56. The number of hydrogen-bond donors (Lipinski definition) is 1. The first-order valence-electron chi connectivity index (χ1n) is 5.07. The Kier molecular flexibility index (Phi) is 3.14. The summed E-state index contributed by atoms with van der Waals surface area (Å²) in [4.78, 5) is 25.7. The zero-order valence-electron chi connectivity index (χ0n) is 9.13. The highest BCUT2D eigenvalue weighted by atomic mass is 19.1. The minimum atomic E-state index is -1.36. The highest BCUT2D eigenvalue weighted by Gasteiger charge is 2.13. The predicted octanol–water partition coefficient (Wildman–Crippen LogP) is 2.40. The molecule has 5 heteroatoms. The van der Waals surface area contributed by atoms with Crippen LogP contribution in [0.4, 0.5) is 4.39 Å². The zero-order chi connectivity index (χ0) is 13.1. The first-order chi connectivity index (χ1) is 8.63. The van der Waals surface area contributed by atoms with Gasteiger partial charge in [0.05, 0.1) is 11.3 Å². The van der Waals surface area contributed by atoms with Gasteiger partial charge in [0.1, 0.15) is 5.82 Å². The van der Waals surface area contributed by atoms with Gasteiger partial charge < -0.3 is 5.11 Å². The third-order valence-electron chi connectivity index (χ3n) is 2.44. The van der Waals surface area contributed by atoms with Crippen molar-refractivity contribution in [2.75, 3.05) is 0 Å². The Balaban J connectivity index is 2.61. The van der Waals surface area contributed by atoms with Crippen molar-refractivity contribution < 1.29 is 19.1 Å². The molecule has 0 aliphatic rings. The maximum absolute atomic E-state index is 13.2. The van der Waals surface area contributed by atoms with Crippen molar-refractivity contribution >= 4 is 12.3 Å². The van der Waals surface area contributed by atoms with Crippen LogP contribution >= 0.6 is 0 Å². The van der Waals surface area contributed by atoms with E-state index in [1.165, 1.54) is 12.3 Å². The summed E-state index contributed by atoms with van der Waals surface area (Å²) in [6.45, 7) is 0. The molecule has 0 amide bonds. The van der Waals surface area contributed by atoms with E-state index in [2.05, 4.69) is 4.98 Å². The van der Waals surface area contributed by atoms with Crippen LogP contribution in [0.2, 0.25) is 0 Å². The summed E-state index contributed by atoms with van der Waals surface area (Å²) < 4.78 is 13.2. The second kappa shape index (κ2) is 4.75. The topological polar surface area (TPSA) is 67.3 Å². The predicted molar refractivity (Wildman–Crippen MR) is 62.0 cm³/mol. The molecule has 1 aromatic carbocycles. The van der Waals surface area contributed by atoms with Gasteiger partial charge in [0.2, 0.25) is 0 Å². The maximum Gasteiger partial charge on any atom is 0.338 e. The number of nitrogens with zero attached hydrogens (tertiary/aromatic N) is 1. The molecule has 1 heterocycles. The van der Waals surface area contributed by atoms with Crippen LogP contribution in [0, 0.1) is 5.82 Å². The molecule has 0 spiro atoms. The van der Waals surface area contributed by atoms with E-state index in [9.17, 15) is 14.0 Å². The van der Waals surface area contributed by atoms with Crippen molar-refractivity contribution in [3.05, 3.63) is 53.5 Å². The largest absolute Gasteiger partial charge is 0.478 e. The maximum atomic E-state index is 13.2. The van der Waals surface area contributed by atoms with Gasteiger partial charge in [0.25, 0.3) is 0 Å². The molecule has 18 heavy (non-hydrogen) atoms. The minimum Gasteiger partial charge on any atom is -0.478 e. The molecular weight excluding hydrogens is 237 g/mol. The standard InChI is InChI=1S/C13H8FNO3/c14-11-4-3-8(6-10(11)13(17)18)12-9(7-16)2-1-5-15-12/h1-7H,(H,17,18). The first-order valence-corrected chi connectivity index (χ1v) is 5.07. The minimum absolute atomic E-state index is 0.320. The first kappa shape index (κ1) is 11.9. The average molecular weight is 245 g/mol. The Labute approximate surface area is 102 Å². The fraction of sp³-hybridized carbons (Fsp3) is 0. The molecule has 0 unspecified atom stereocenters. The number of pyridine rings is 1. The molecule has 0 aliphatic carbocycles. The van der Waals surface area contributed by atoms with Crippen LogP contribution in [-0.4, -0.2) is 22.3 Å². The highest BCUT2D eigenvalue weighted by molar-refractivity contribution is 5.91. The van der Waals surface area contributed by atoms with E-state index in [4.69, 9.17) is 5.11 Å². The number of benzene rings is 1. The summed E-state index contributed by atoms with van der Waals surface area (Å²) in [5.74, 6) is -2.19. The van der Waals surface area contributed by atoms with Crippen LogP contribution in [0.1, 0.15) is 20.7 Å². The molecule has 4 nitrogen and oxygen atoms in total. The van der Waals surface area contributed by atoms with Gasteiger partial charge in [-0.2, -0.15) is 0 Å². The van der Waals surface area contributed by atoms with Gasteiger partial charge in [-0.25, -0.2) is 9.18 Å². The molecule has 0 bridgehead atoms. The molecule has 2 rings (SSSR count). The lowest BCUT2D eigenvalue weighted by molar-refractivity contribution is 0.0692. The molecule has 90 valence electrons. The number of hydrogen-bond acceptors (Lipinski definition) is 3. The number of halogens is 1. The zero-order valence-corrected chi connectivity index (χ0v) is 9.13. The Bertz CT molecular complexity index is 625. The Morgan fingerprint density at radius 1 is 1.33 bits per heavy atom. The Morgan fingerprint density at radius 3 is 2.78 bits per heavy atom. The van der Waals surface area contributed by atoms with Gasteiger partial charge in [0, 0.05) is 17.3 Å². The molecule has 0 atom stereocenters. The van der Waals surface area contributed by atoms with Crippen molar-refractivity contribution in [3.63, 3.8) is 0 Å². The van der Waals surface area contributed by atoms with Gasteiger partial charge in [0.15, 0.2) is 6.29 Å². The third-order valence-corrected chi connectivity index (χ3v) is 2.44. The van der Waals surface area contributed by atoms with E-state index < -0.39 is 17.3 Å². The monoisotopic (exact) mass is 245 g/mol. The van der Waals surface area contributed by atoms with Gasteiger partial charge >= 0.3 is 5.97 Å². The van der Waals surface area contributed by atoms with Crippen LogP contribution in [0.15, 0.2) is 36.5 Å². The van der Waals surface area contributed by atoms with E-state index in [0.29, 0.717) is 23.1 Å². The number of aromatic carboxylic acids is 1. The number of carboxylic acids is 1. The summed E-state index contributed by atoms with van der Waals surface area (Å²) in [5.41, 5.74) is 0.585. The third kappa shape index (κ3) is 2.10. The van der Waals surface area contributed by atoms with E-state index in [0.717, 1.165) is 12.1 Å². The molecule has 0 aliphatic heterocycles. The molecular formula is C13H8FNO3. The Morgan fingerprint density at radius 2 is 2.11 bits per heavy atom. The smallest absolute Gasteiger partial charge is 0.338 e. The highest BCUT2D eigenvalue weighted by Crippen LogP contribution is 2.22. The van der Waals surface area contributed by atoms with E-state index in [-0.39, 0.29) is 0 Å². The summed E-state index contributed by atoms with van der Waals surface area (Å²) in [7, 11) is 0. The molecule has 2 aromatic rings. The fourth-order valence-electron chi connectivity index (χ4n) is 1.59. The summed E-state index contributed by atoms with van der Waals surface area (Å²) in [6.07, 6.45) is 2.10. The van der Waals surface area contributed by atoms with Crippen LogP contribution in [-0.2, 0) is 0 Å². The number of aldehydes is 1. The lowest BCUT2D eigenvalue weighted by atomic mass is 10.0. The summed E-state index contributed by atoms with van der Waals surface area (Å²) in [6, 6.07) is 6.74. The molecule has 0 fully saturated rings. The van der Waals surface area contributed by atoms with Gasteiger partial charge in [-0.05, 0) is 30.3 Å². The average Bonchev–Trinajstić information content (AvgIpc) is 2.39. The number of carbonyl (C=O) groups is 2. The van der Waals surface area contributed by atoms with Crippen LogP contribution in [0.5, 0.6) is 0 Å². The van der Waals surface area contributed by atoms with Crippen molar-refractivity contribution in [1.29, 1.82) is 0 Å². The normalized spacial score (nSPS) is 10.1. The lowest BCUT2D eigenvalue weighted by Gasteiger charge is -2.05. The fourth-order valence-corrected chi connectivity index (χ4v) is 1.59. The number of aromatic nitrogens is 1. The van der Waals surface area contributed by atoms with Crippen molar-refractivity contribution in [1.82, 2.24) is 4.98 Å². The number of carboxylic acid groups (broad SMARTS) is 1. The molecule has 0 saturated carbocycles. The van der Waals surface area contributed by atoms with Crippen molar-refractivity contribution in [2.45, 2.75) is 0 Å². The number of carbonyl (C=O) groups excluding carboxylic acids is 1. The van der Waals surface area contributed by atoms with Gasteiger partial charge in [-0.3, -0.25) is 9.78 Å². The quantitative estimate of drug-likeness (QED) is 0.843. The van der Waals surface area contributed by atoms with Gasteiger partial charge in [-0.15, -0.1) is 0 Å². The molecule has 1 N–H and O–H groups in total. The molecule has 1 aromatic heterocycles. The number of rotatable bonds is 3. The van der Waals surface area contributed by atoms with E-state index in [1.54, 1.807) is 12.1 Å². The van der Waals surface area contributed by atoms with E-state index in [1.807, 2.05) is 0 Å².